The van der Waals surface area contributed by atoms with Crippen molar-refractivity contribution < 1.29 is 23.1 Å². The summed E-state index contributed by atoms with van der Waals surface area (Å²) >= 11 is 0. The van der Waals surface area contributed by atoms with Gasteiger partial charge in [0.2, 0.25) is 11.5 Å². The van der Waals surface area contributed by atoms with E-state index in [-0.39, 0.29) is 6.54 Å². The maximum atomic E-state index is 13.5. The standard InChI is InChI=1S/C20H25F3N4O2/c1-26-11-8-24-18(26)19(29,20(21,22)23)12-17(28)25-13-15-4-6-16(7-5-15)14-27-9-2-3-10-27/h4-8,11,29H,2-3,9-10,12-14H2,1H3,(H,25,28). The molecule has 1 atom stereocenters. The van der Waals surface area contributed by atoms with E-state index in [1.807, 2.05) is 24.3 Å². The number of alkyl halides is 3. The van der Waals surface area contributed by atoms with Crippen LogP contribution in [0.25, 0.3) is 0 Å². The lowest BCUT2D eigenvalue weighted by Gasteiger charge is -2.29. The number of aliphatic hydroxyl groups is 1. The molecule has 6 nitrogen and oxygen atoms in total. The van der Waals surface area contributed by atoms with Crippen molar-refractivity contribution in [3.05, 3.63) is 53.6 Å². The molecule has 1 saturated heterocycles. The highest BCUT2D eigenvalue weighted by molar-refractivity contribution is 5.77. The molecular formula is C20H25F3N4O2. The van der Waals surface area contributed by atoms with E-state index in [2.05, 4.69) is 15.2 Å². The number of likely N-dealkylation sites (tertiary alicyclic amines) is 1. The highest BCUT2D eigenvalue weighted by Gasteiger charge is 2.58. The Kier molecular flexibility index (Phi) is 6.28. The van der Waals surface area contributed by atoms with E-state index < -0.39 is 29.9 Å². The summed E-state index contributed by atoms with van der Waals surface area (Å²) in [6.45, 7) is 3.14. The number of carbonyl (C=O) groups is 1. The first-order valence-corrected chi connectivity index (χ1v) is 9.53. The van der Waals surface area contributed by atoms with Crippen molar-refractivity contribution in [2.75, 3.05) is 13.1 Å². The zero-order valence-corrected chi connectivity index (χ0v) is 16.2. The molecule has 3 rings (SSSR count). The van der Waals surface area contributed by atoms with Gasteiger partial charge in [-0.05, 0) is 37.1 Å². The van der Waals surface area contributed by atoms with Crippen LogP contribution < -0.4 is 5.32 Å². The van der Waals surface area contributed by atoms with Crippen LogP contribution in [0.15, 0.2) is 36.7 Å². The van der Waals surface area contributed by atoms with Crippen LogP contribution in [0.5, 0.6) is 0 Å². The number of hydrogen-bond acceptors (Lipinski definition) is 4. The number of nitrogens with zero attached hydrogens (tertiary/aromatic N) is 3. The first-order valence-electron chi connectivity index (χ1n) is 9.53. The van der Waals surface area contributed by atoms with Gasteiger partial charge in [-0.2, -0.15) is 13.2 Å². The third-order valence-electron chi connectivity index (χ3n) is 5.19. The quantitative estimate of drug-likeness (QED) is 0.736. The Morgan fingerprint density at radius 3 is 2.34 bits per heavy atom. The zero-order chi connectivity index (χ0) is 21.1. The minimum atomic E-state index is -5.04. The van der Waals surface area contributed by atoms with Gasteiger partial charge in [-0.25, -0.2) is 4.98 Å². The second-order valence-corrected chi connectivity index (χ2v) is 7.47. The number of benzene rings is 1. The number of carbonyl (C=O) groups excluding carboxylic acids is 1. The molecule has 158 valence electrons. The topological polar surface area (TPSA) is 70.4 Å². The Balaban J connectivity index is 1.58. The molecule has 2 aromatic rings. The molecule has 0 saturated carbocycles. The van der Waals surface area contributed by atoms with Crippen LogP contribution >= 0.6 is 0 Å². The van der Waals surface area contributed by atoms with Crippen LogP contribution in [0.3, 0.4) is 0 Å². The zero-order valence-electron chi connectivity index (χ0n) is 16.2. The average Bonchev–Trinajstić information content (AvgIpc) is 3.32. The van der Waals surface area contributed by atoms with Crippen LogP contribution in [-0.4, -0.2) is 44.7 Å². The van der Waals surface area contributed by atoms with Crippen LogP contribution in [0.1, 0.15) is 36.2 Å². The van der Waals surface area contributed by atoms with Crippen LogP contribution in [-0.2, 0) is 30.5 Å². The van der Waals surface area contributed by atoms with E-state index in [9.17, 15) is 23.1 Å². The van der Waals surface area contributed by atoms with Gasteiger partial charge in [-0.3, -0.25) is 9.69 Å². The molecule has 1 aromatic carbocycles. The van der Waals surface area contributed by atoms with Crippen molar-refractivity contribution in [1.29, 1.82) is 0 Å². The number of rotatable bonds is 7. The van der Waals surface area contributed by atoms with Crippen LogP contribution in [0.2, 0.25) is 0 Å². The number of nitrogens with one attached hydrogen (secondary N) is 1. The molecule has 2 heterocycles. The first-order chi connectivity index (χ1) is 13.7. The van der Waals surface area contributed by atoms with Gasteiger partial charge in [0.15, 0.2) is 5.82 Å². The Bertz CT molecular complexity index is 829. The number of aromatic nitrogens is 2. The van der Waals surface area contributed by atoms with E-state index in [1.165, 1.54) is 26.1 Å². The van der Waals surface area contributed by atoms with E-state index in [0.717, 1.165) is 41.5 Å². The molecule has 1 aromatic heterocycles. The number of aryl methyl sites for hydroxylation is 1. The van der Waals surface area contributed by atoms with Crippen LogP contribution in [0.4, 0.5) is 13.2 Å². The van der Waals surface area contributed by atoms with Crippen molar-refractivity contribution in [3.63, 3.8) is 0 Å². The molecule has 0 radical (unpaired) electrons. The fraction of sp³-hybridized carbons (Fsp3) is 0.500. The van der Waals surface area contributed by atoms with Gasteiger partial charge in [0, 0.05) is 32.5 Å². The number of imidazole rings is 1. The molecule has 0 bridgehead atoms. The van der Waals surface area contributed by atoms with E-state index in [1.54, 1.807) is 0 Å². The maximum absolute atomic E-state index is 13.5. The normalized spacial score (nSPS) is 17.3. The van der Waals surface area contributed by atoms with E-state index in [0.29, 0.717) is 0 Å². The van der Waals surface area contributed by atoms with Gasteiger partial charge in [-0.15, -0.1) is 0 Å². The van der Waals surface area contributed by atoms with Crippen LogP contribution in [0, 0.1) is 0 Å². The fourth-order valence-electron chi connectivity index (χ4n) is 3.53. The Hall–Kier alpha value is -2.39. The van der Waals surface area contributed by atoms with Gasteiger partial charge in [0.05, 0.1) is 6.42 Å². The molecule has 2 N–H and O–H groups in total. The summed E-state index contributed by atoms with van der Waals surface area (Å²) in [7, 11) is 1.33. The molecule has 1 amide bonds. The lowest BCUT2D eigenvalue weighted by atomic mass is 9.97. The summed E-state index contributed by atoms with van der Waals surface area (Å²) in [6.07, 6.45) is -1.34. The highest BCUT2D eigenvalue weighted by atomic mass is 19.4. The lowest BCUT2D eigenvalue weighted by molar-refractivity contribution is -0.271. The summed E-state index contributed by atoms with van der Waals surface area (Å²) in [4.78, 5) is 18.1. The van der Waals surface area contributed by atoms with Gasteiger partial charge >= 0.3 is 6.18 Å². The summed E-state index contributed by atoms with van der Waals surface area (Å²) in [5, 5.41) is 12.7. The Morgan fingerprint density at radius 1 is 1.17 bits per heavy atom. The predicted octanol–water partition coefficient (Wildman–Crippen LogP) is 2.47. The fourth-order valence-corrected chi connectivity index (χ4v) is 3.53. The molecule has 1 unspecified atom stereocenters. The summed E-state index contributed by atoms with van der Waals surface area (Å²) < 4.78 is 41.5. The number of halogens is 3. The molecule has 1 aliphatic heterocycles. The Morgan fingerprint density at radius 2 is 1.79 bits per heavy atom. The SMILES string of the molecule is Cn1ccnc1C(O)(CC(=O)NCc1ccc(CN2CCCC2)cc1)C(F)(F)F. The van der Waals surface area contributed by atoms with Gasteiger partial charge in [0.1, 0.15) is 0 Å². The molecular weight excluding hydrogens is 385 g/mol. The van der Waals surface area contributed by atoms with Crippen molar-refractivity contribution in [2.24, 2.45) is 7.05 Å². The molecule has 1 fully saturated rings. The van der Waals surface area contributed by atoms with Crippen molar-refractivity contribution in [2.45, 2.75) is 44.1 Å². The minimum Gasteiger partial charge on any atom is -0.374 e. The molecule has 9 heteroatoms. The first kappa shape index (κ1) is 21.3. The van der Waals surface area contributed by atoms with Gasteiger partial charge in [0.25, 0.3) is 0 Å². The minimum absolute atomic E-state index is 0.0807. The highest BCUT2D eigenvalue weighted by Crippen LogP contribution is 2.40. The molecule has 29 heavy (non-hydrogen) atoms. The number of hydrogen-bond donors (Lipinski definition) is 2. The largest absolute Gasteiger partial charge is 0.425 e. The summed E-state index contributed by atoms with van der Waals surface area (Å²) in [6, 6.07) is 7.61. The average molecular weight is 410 g/mol. The third kappa shape index (κ3) is 4.97. The maximum Gasteiger partial charge on any atom is 0.425 e. The smallest absolute Gasteiger partial charge is 0.374 e. The monoisotopic (exact) mass is 410 g/mol. The predicted molar refractivity (Wildman–Crippen MR) is 101 cm³/mol. The van der Waals surface area contributed by atoms with Crippen molar-refractivity contribution in [1.82, 2.24) is 19.8 Å². The number of amides is 1. The second kappa shape index (κ2) is 8.54. The molecule has 0 aliphatic carbocycles. The lowest BCUT2D eigenvalue weighted by Crippen LogP contribution is -2.47. The molecule has 1 aliphatic rings. The summed E-state index contributed by atoms with van der Waals surface area (Å²) in [5.74, 6) is -1.53. The van der Waals surface area contributed by atoms with Gasteiger partial charge in [-0.1, -0.05) is 24.3 Å². The summed E-state index contributed by atoms with van der Waals surface area (Å²) in [5.41, 5.74) is -1.42. The second-order valence-electron chi connectivity index (χ2n) is 7.47. The van der Waals surface area contributed by atoms with Crippen molar-refractivity contribution in [3.8, 4) is 0 Å². The third-order valence-corrected chi connectivity index (χ3v) is 5.19. The van der Waals surface area contributed by atoms with Crippen molar-refractivity contribution >= 4 is 5.91 Å². The van der Waals surface area contributed by atoms with Gasteiger partial charge < -0.3 is 15.0 Å². The van der Waals surface area contributed by atoms with E-state index in [4.69, 9.17) is 0 Å². The Labute approximate surface area is 167 Å². The van der Waals surface area contributed by atoms with E-state index >= 15 is 0 Å². The molecule has 0 spiro atoms.